The van der Waals surface area contributed by atoms with Crippen LogP contribution in [0.1, 0.15) is 38.2 Å². The Labute approximate surface area is 128 Å². The fourth-order valence-corrected chi connectivity index (χ4v) is 3.72. The highest BCUT2D eigenvalue weighted by molar-refractivity contribution is 5.27. The molecule has 21 heavy (non-hydrogen) atoms. The summed E-state index contributed by atoms with van der Waals surface area (Å²) >= 11 is 0. The second-order valence-corrected chi connectivity index (χ2v) is 6.66. The second kappa shape index (κ2) is 6.80. The zero-order chi connectivity index (χ0) is 14.7. The molecule has 2 aliphatic rings. The summed E-state index contributed by atoms with van der Waals surface area (Å²) in [6.07, 6.45) is 6.47. The quantitative estimate of drug-likeness (QED) is 0.901. The molecule has 0 spiro atoms. The number of fused-ring (bicyclic) bond motifs is 2. The first-order chi connectivity index (χ1) is 10.2. The first kappa shape index (κ1) is 14.9. The molecule has 1 aromatic rings. The molecule has 3 atom stereocenters. The SMILES string of the molecule is COc1ccc(CCC(C)N2CCC3CCC(C2)N3)cc1. The van der Waals surface area contributed by atoms with E-state index in [9.17, 15) is 0 Å². The zero-order valence-electron chi connectivity index (χ0n) is 13.3. The summed E-state index contributed by atoms with van der Waals surface area (Å²) in [5.41, 5.74) is 1.41. The number of benzene rings is 1. The fraction of sp³-hybridized carbons (Fsp3) is 0.667. The smallest absolute Gasteiger partial charge is 0.118 e. The molecule has 116 valence electrons. The topological polar surface area (TPSA) is 24.5 Å². The van der Waals surface area contributed by atoms with Gasteiger partial charge in [-0.15, -0.1) is 0 Å². The van der Waals surface area contributed by atoms with Crippen LogP contribution in [-0.4, -0.2) is 43.2 Å². The molecule has 2 fully saturated rings. The van der Waals surface area contributed by atoms with Crippen LogP contribution in [0.2, 0.25) is 0 Å². The van der Waals surface area contributed by atoms with E-state index in [1.165, 1.54) is 44.3 Å². The third kappa shape index (κ3) is 3.78. The van der Waals surface area contributed by atoms with Gasteiger partial charge in [-0.25, -0.2) is 0 Å². The molecule has 0 aromatic heterocycles. The van der Waals surface area contributed by atoms with Crippen LogP contribution >= 0.6 is 0 Å². The molecule has 1 N–H and O–H groups in total. The maximum absolute atomic E-state index is 5.22. The molecule has 0 aliphatic carbocycles. The van der Waals surface area contributed by atoms with Crippen LogP contribution < -0.4 is 10.1 Å². The summed E-state index contributed by atoms with van der Waals surface area (Å²) in [5, 5.41) is 3.77. The van der Waals surface area contributed by atoms with Crippen molar-refractivity contribution in [3.63, 3.8) is 0 Å². The first-order valence-corrected chi connectivity index (χ1v) is 8.37. The lowest BCUT2D eigenvalue weighted by Crippen LogP contribution is -2.40. The molecule has 0 radical (unpaired) electrons. The van der Waals surface area contributed by atoms with Gasteiger partial charge in [0.25, 0.3) is 0 Å². The van der Waals surface area contributed by atoms with Gasteiger partial charge < -0.3 is 10.1 Å². The highest BCUT2D eigenvalue weighted by Crippen LogP contribution is 2.23. The average Bonchev–Trinajstić information content (AvgIpc) is 2.84. The van der Waals surface area contributed by atoms with Crippen LogP contribution in [0.25, 0.3) is 0 Å². The van der Waals surface area contributed by atoms with E-state index in [2.05, 4.69) is 41.4 Å². The van der Waals surface area contributed by atoms with Crippen molar-refractivity contribution in [2.75, 3.05) is 20.2 Å². The van der Waals surface area contributed by atoms with Crippen molar-refractivity contribution in [2.45, 2.75) is 57.2 Å². The number of nitrogens with one attached hydrogen (secondary N) is 1. The second-order valence-electron chi connectivity index (χ2n) is 6.66. The fourth-order valence-electron chi connectivity index (χ4n) is 3.72. The van der Waals surface area contributed by atoms with Gasteiger partial charge in [-0.2, -0.15) is 0 Å². The predicted molar refractivity (Wildman–Crippen MR) is 86.9 cm³/mol. The van der Waals surface area contributed by atoms with E-state index in [4.69, 9.17) is 4.74 Å². The van der Waals surface area contributed by atoms with Crippen molar-refractivity contribution >= 4 is 0 Å². The monoisotopic (exact) mass is 288 g/mol. The summed E-state index contributed by atoms with van der Waals surface area (Å²) in [7, 11) is 1.72. The highest BCUT2D eigenvalue weighted by Gasteiger charge is 2.30. The van der Waals surface area contributed by atoms with Crippen molar-refractivity contribution in [1.82, 2.24) is 10.2 Å². The summed E-state index contributed by atoms with van der Waals surface area (Å²) in [4.78, 5) is 2.69. The molecule has 3 rings (SSSR count). The largest absolute Gasteiger partial charge is 0.497 e. The number of aryl methyl sites for hydroxylation is 1. The number of likely N-dealkylation sites (tertiary alicyclic amines) is 1. The average molecular weight is 288 g/mol. The lowest BCUT2D eigenvalue weighted by Gasteiger charge is -2.30. The normalized spacial score (nSPS) is 27.3. The Hall–Kier alpha value is -1.06. The maximum Gasteiger partial charge on any atom is 0.118 e. The molecule has 2 aliphatic heterocycles. The maximum atomic E-state index is 5.22. The van der Waals surface area contributed by atoms with Gasteiger partial charge in [-0.3, -0.25) is 4.90 Å². The van der Waals surface area contributed by atoms with E-state index in [-0.39, 0.29) is 0 Å². The van der Waals surface area contributed by atoms with E-state index in [0.717, 1.165) is 24.3 Å². The highest BCUT2D eigenvalue weighted by atomic mass is 16.5. The number of hydrogen-bond donors (Lipinski definition) is 1. The molecule has 1 aromatic carbocycles. The van der Waals surface area contributed by atoms with Gasteiger partial charge in [-0.05, 0) is 63.3 Å². The van der Waals surface area contributed by atoms with Gasteiger partial charge in [0.1, 0.15) is 5.75 Å². The standard InChI is InChI=1S/C18H28N2O/c1-14(3-4-15-5-9-18(21-2)10-6-15)20-12-11-16-7-8-17(13-20)19-16/h5-6,9-10,14,16-17,19H,3-4,7-8,11-13H2,1-2H3. The predicted octanol–water partition coefficient (Wildman–Crippen LogP) is 2.84. The van der Waals surface area contributed by atoms with E-state index in [0.29, 0.717) is 6.04 Å². The van der Waals surface area contributed by atoms with Crippen molar-refractivity contribution < 1.29 is 4.74 Å². The molecule has 0 saturated carbocycles. The molecule has 2 bridgehead atoms. The van der Waals surface area contributed by atoms with Gasteiger partial charge in [0.2, 0.25) is 0 Å². The lowest BCUT2D eigenvalue weighted by atomic mass is 10.0. The van der Waals surface area contributed by atoms with E-state index in [1.807, 2.05) is 0 Å². The third-order valence-corrected chi connectivity index (χ3v) is 5.19. The summed E-state index contributed by atoms with van der Waals surface area (Å²) in [6, 6.07) is 10.7. The number of hydrogen-bond acceptors (Lipinski definition) is 3. The summed E-state index contributed by atoms with van der Waals surface area (Å²) < 4.78 is 5.22. The molecule has 3 unspecified atom stereocenters. The van der Waals surface area contributed by atoms with Gasteiger partial charge in [0, 0.05) is 24.7 Å². The lowest BCUT2D eigenvalue weighted by molar-refractivity contribution is 0.190. The Kier molecular flexibility index (Phi) is 4.81. The Morgan fingerprint density at radius 3 is 2.71 bits per heavy atom. The van der Waals surface area contributed by atoms with Crippen LogP contribution in [0, 0.1) is 0 Å². The minimum atomic E-state index is 0.674. The van der Waals surface area contributed by atoms with Gasteiger partial charge in [-0.1, -0.05) is 12.1 Å². The minimum Gasteiger partial charge on any atom is -0.497 e. The van der Waals surface area contributed by atoms with E-state index in [1.54, 1.807) is 7.11 Å². The molecule has 2 heterocycles. The van der Waals surface area contributed by atoms with Crippen LogP contribution in [0.5, 0.6) is 5.75 Å². The number of nitrogens with zero attached hydrogens (tertiary/aromatic N) is 1. The summed E-state index contributed by atoms with van der Waals surface area (Å²) in [5.74, 6) is 0.946. The van der Waals surface area contributed by atoms with Crippen molar-refractivity contribution in [3.8, 4) is 5.75 Å². The Morgan fingerprint density at radius 2 is 1.95 bits per heavy atom. The van der Waals surface area contributed by atoms with Crippen molar-refractivity contribution in [2.24, 2.45) is 0 Å². The number of methoxy groups -OCH3 is 1. The first-order valence-electron chi connectivity index (χ1n) is 8.37. The molecular weight excluding hydrogens is 260 g/mol. The van der Waals surface area contributed by atoms with E-state index >= 15 is 0 Å². The van der Waals surface area contributed by atoms with Gasteiger partial charge in [0.05, 0.1) is 7.11 Å². The van der Waals surface area contributed by atoms with Crippen molar-refractivity contribution in [3.05, 3.63) is 29.8 Å². The van der Waals surface area contributed by atoms with Crippen LogP contribution in [0.3, 0.4) is 0 Å². The Balaban J connectivity index is 1.50. The molecule has 3 nitrogen and oxygen atoms in total. The number of rotatable bonds is 5. The Morgan fingerprint density at radius 1 is 1.19 bits per heavy atom. The molecular formula is C18H28N2O. The molecule has 0 amide bonds. The van der Waals surface area contributed by atoms with Crippen molar-refractivity contribution in [1.29, 1.82) is 0 Å². The van der Waals surface area contributed by atoms with Crippen LogP contribution in [0.15, 0.2) is 24.3 Å². The third-order valence-electron chi connectivity index (χ3n) is 5.19. The van der Waals surface area contributed by atoms with Gasteiger partial charge >= 0.3 is 0 Å². The minimum absolute atomic E-state index is 0.674. The van der Waals surface area contributed by atoms with Crippen LogP contribution in [0.4, 0.5) is 0 Å². The summed E-state index contributed by atoms with van der Waals surface area (Å²) in [6.45, 7) is 4.89. The molecule has 2 saturated heterocycles. The molecule has 3 heteroatoms. The number of ether oxygens (including phenoxy) is 1. The zero-order valence-corrected chi connectivity index (χ0v) is 13.3. The van der Waals surface area contributed by atoms with E-state index < -0.39 is 0 Å². The van der Waals surface area contributed by atoms with Gasteiger partial charge in [0.15, 0.2) is 0 Å². The van der Waals surface area contributed by atoms with Crippen LogP contribution in [-0.2, 0) is 6.42 Å². The Bertz CT molecular complexity index is 445.